The molecular formula is C10H18N2. The quantitative estimate of drug-likeness (QED) is 0.441. The first-order chi connectivity index (χ1) is 5.85. The first-order valence-corrected chi connectivity index (χ1v) is 4.74. The van der Waals surface area contributed by atoms with Crippen LogP contribution in [-0.2, 0) is 0 Å². The van der Waals surface area contributed by atoms with E-state index in [0.717, 1.165) is 19.4 Å². The van der Waals surface area contributed by atoms with Gasteiger partial charge in [-0.3, -0.25) is 4.99 Å². The third-order valence-electron chi connectivity index (χ3n) is 1.78. The van der Waals surface area contributed by atoms with Gasteiger partial charge in [-0.2, -0.15) is 5.26 Å². The molecule has 0 aliphatic carbocycles. The summed E-state index contributed by atoms with van der Waals surface area (Å²) in [5, 5.41) is 8.59. The van der Waals surface area contributed by atoms with Crippen molar-refractivity contribution in [1.82, 2.24) is 0 Å². The zero-order valence-corrected chi connectivity index (χ0v) is 8.08. The van der Waals surface area contributed by atoms with Gasteiger partial charge in [0, 0.05) is 12.8 Å². The van der Waals surface area contributed by atoms with Gasteiger partial charge in [-0.1, -0.05) is 26.7 Å². The van der Waals surface area contributed by atoms with Crippen molar-refractivity contribution in [3.05, 3.63) is 0 Å². The Bertz CT molecular complexity index is 156. The van der Waals surface area contributed by atoms with Crippen molar-refractivity contribution in [1.29, 1.82) is 5.26 Å². The molecule has 2 nitrogen and oxygen atoms in total. The molecule has 0 rings (SSSR count). The van der Waals surface area contributed by atoms with E-state index < -0.39 is 0 Å². The molecule has 2 heteroatoms. The molecule has 0 aromatic carbocycles. The summed E-state index contributed by atoms with van der Waals surface area (Å²) >= 11 is 0. The summed E-state index contributed by atoms with van der Waals surface area (Å²) in [6.07, 6.45) is 6.27. The molecule has 0 N–H and O–H groups in total. The van der Waals surface area contributed by atoms with Gasteiger partial charge < -0.3 is 0 Å². The fourth-order valence-corrected chi connectivity index (χ4v) is 0.885. The van der Waals surface area contributed by atoms with Crippen LogP contribution in [0, 0.1) is 17.2 Å². The molecule has 12 heavy (non-hydrogen) atoms. The molecule has 0 radical (unpaired) electrons. The van der Waals surface area contributed by atoms with Gasteiger partial charge in [-0.05, 0) is 12.8 Å². The summed E-state index contributed by atoms with van der Waals surface area (Å²) in [6.45, 7) is 5.06. The van der Waals surface area contributed by atoms with Crippen LogP contribution < -0.4 is 0 Å². The summed E-state index contributed by atoms with van der Waals surface area (Å²) in [7, 11) is 0. The van der Waals surface area contributed by atoms with E-state index in [0.29, 0.717) is 0 Å². The van der Waals surface area contributed by atoms with Gasteiger partial charge >= 0.3 is 0 Å². The minimum absolute atomic E-state index is 0.0200. The highest BCUT2D eigenvalue weighted by Gasteiger charge is 1.96. The van der Waals surface area contributed by atoms with Crippen LogP contribution in [-0.4, -0.2) is 12.8 Å². The first-order valence-electron chi connectivity index (χ1n) is 4.74. The normalized spacial score (nSPS) is 13.1. The molecular weight excluding hydrogens is 148 g/mol. The standard InChI is InChI=1S/C10H18N2/c1-3-5-6-7-12-9-10(4-2)8-11/h9-10H,3-7H2,1-2H3/b12-9+. The zero-order valence-electron chi connectivity index (χ0n) is 8.08. The fraction of sp³-hybridized carbons (Fsp3) is 0.800. The van der Waals surface area contributed by atoms with E-state index in [4.69, 9.17) is 5.26 Å². The van der Waals surface area contributed by atoms with Gasteiger partial charge in [0.2, 0.25) is 0 Å². The number of nitriles is 1. The summed E-state index contributed by atoms with van der Waals surface area (Å²) in [4.78, 5) is 4.20. The smallest absolute Gasteiger partial charge is 0.0808 e. The van der Waals surface area contributed by atoms with E-state index in [-0.39, 0.29) is 5.92 Å². The van der Waals surface area contributed by atoms with Crippen LogP contribution in [0.3, 0.4) is 0 Å². The lowest BCUT2D eigenvalue weighted by molar-refractivity contribution is 0.725. The SMILES string of the molecule is CCCCC/N=C/C(C#N)CC. The molecule has 1 unspecified atom stereocenters. The molecule has 0 aromatic rings. The third-order valence-corrected chi connectivity index (χ3v) is 1.78. The number of aliphatic imine (C=N–C) groups is 1. The zero-order chi connectivity index (χ0) is 9.23. The summed E-state index contributed by atoms with van der Waals surface area (Å²) in [5.74, 6) is 0.0200. The largest absolute Gasteiger partial charge is 0.296 e. The van der Waals surface area contributed by atoms with Gasteiger partial charge in [0.1, 0.15) is 0 Å². The van der Waals surface area contributed by atoms with Crippen molar-refractivity contribution in [2.24, 2.45) is 10.9 Å². The molecule has 0 aliphatic heterocycles. The second kappa shape index (κ2) is 8.26. The van der Waals surface area contributed by atoms with Crippen LogP contribution >= 0.6 is 0 Å². The average Bonchev–Trinajstić information content (AvgIpc) is 2.11. The molecule has 1 atom stereocenters. The van der Waals surface area contributed by atoms with Crippen LogP contribution in [0.2, 0.25) is 0 Å². The highest BCUT2D eigenvalue weighted by Crippen LogP contribution is 1.97. The Morgan fingerprint density at radius 1 is 1.42 bits per heavy atom. The van der Waals surface area contributed by atoms with Crippen LogP contribution in [0.1, 0.15) is 39.5 Å². The van der Waals surface area contributed by atoms with Crippen molar-refractivity contribution in [2.45, 2.75) is 39.5 Å². The predicted molar refractivity (Wildman–Crippen MR) is 52.3 cm³/mol. The Hall–Kier alpha value is -0.840. The highest BCUT2D eigenvalue weighted by atomic mass is 14.7. The van der Waals surface area contributed by atoms with Gasteiger partial charge in [-0.15, -0.1) is 0 Å². The molecule has 0 spiro atoms. The number of hydrogen-bond acceptors (Lipinski definition) is 2. The molecule has 0 amide bonds. The van der Waals surface area contributed by atoms with Crippen molar-refractivity contribution in [3.8, 4) is 6.07 Å². The van der Waals surface area contributed by atoms with Gasteiger partial charge in [-0.25, -0.2) is 0 Å². The Labute approximate surface area is 75.3 Å². The maximum atomic E-state index is 8.59. The Morgan fingerprint density at radius 3 is 2.67 bits per heavy atom. The summed E-state index contributed by atoms with van der Waals surface area (Å²) in [5.41, 5.74) is 0. The first kappa shape index (κ1) is 11.2. The predicted octanol–water partition coefficient (Wildman–Crippen LogP) is 2.80. The Kier molecular flexibility index (Phi) is 7.68. The minimum atomic E-state index is 0.0200. The average molecular weight is 166 g/mol. The van der Waals surface area contributed by atoms with Crippen LogP contribution in [0.15, 0.2) is 4.99 Å². The number of rotatable bonds is 6. The van der Waals surface area contributed by atoms with Crippen molar-refractivity contribution < 1.29 is 0 Å². The van der Waals surface area contributed by atoms with E-state index in [1.165, 1.54) is 12.8 Å². The monoisotopic (exact) mass is 166 g/mol. The maximum absolute atomic E-state index is 8.59. The second-order valence-electron chi connectivity index (χ2n) is 2.91. The maximum Gasteiger partial charge on any atom is 0.0808 e. The van der Waals surface area contributed by atoms with E-state index in [9.17, 15) is 0 Å². The van der Waals surface area contributed by atoms with Crippen LogP contribution in [0.5, 0.6) is 0 Å². The molecule has 0 aromatic heterocycles. The number of unbranched alkanes of at least 4 members (excludes halogenated alkanes) is 2. The second-order valence-corrected chi connectivity index (χ2v) is 2.91. The Morgan fingerprint density at radius 2 is 2.17 bits per heavy atom. The summed E-state index contributed by atoms with van der Waals surface area (Å²) in [6, 6.07) is 2.19. The highest BCUT2D eigenvalue weighted by molar-refractivity contribution is 5.63. The fourth-order valence-electron chi connectivity index (χ4n) is 0.885. The van der Waals surface area contributed by atoms with Gasteiger partial charge in [0.05, 0.1) is 12.0 Å². The Balaban J connectivity index is 3.41. The van der Waals surface area contributed by atoms with E-state index >= 15 is 0 Å². The lowest BCUT2D eigenvalue weighted by Crippen LogP contribution is -1.96. The van der Waals surface area contributed by atoms with Gasteiger partial charge in [0.15, 0.2) is 0 Å². The summed E-state index contributed by atoms with van der Waals surface area (Å²) < 4.78 is 0. The van der Waals surface area contributed by atoms with E-state index in [1.54, 1.807) is 6.21 Å². The van der Waals surface area contributed by atoms with Crippen molar-refractivity contribution in [3.63, 3.8) is 0 Å². The lowest BCUT2D eigenvalue weighted by atomic mass is 10.1. The van der Waals surface area contributed by atoms with E-state index in [1.807, 2.05) is 6.92 Å². The van der Waals surface area contributed by atoms with Crippen LogP contribution in [0.4, 0.5) is 0 Å². The molecule has 0 heterocycles. The van der Waals surface area contributed by atoms with Crippen molar-refractivity contribution >= 4 is 6.21 Å². The molecule has 0 saturated carbocycles. The molecule has 68 valence electrons. The molecule has 0 bridgehead atoms. The molecule has 0 saturated heterocycles. The van der Waals surface area contributed by atoms with E-state index in [2.05, 4.69) is 18.0 Å². The topological polar surface area (TPSA) is 36.1 Å². The number of nitrogens with zero attached hydrogens (tertiary/aromatic N) is 2. The lowest BCUT2D eigenvalue weighted by Gasteiger charge is -1.96. The van der Waals surface area contributed by atoms with Crippen molar-refractivity contribution in [2.75, 3.05) is 6.54 Å². The van der Waals surface area contributed by atoms with Gasteiger partial charge in [0.25, 0.3) is 0 Å². The minimum Gasteiger partial charge on any atom is -0.296 e. The van der Waals surface area contributed by atoms with Crippen LogP contribution in [0.25, 0.3) is 0 Å². The molecule has 0 aliphatic rings. The third kappa shape index (κ3) is 5.91. The number of hydrogen-bond donors (Lipinski definition) is 0. The molecule has 0 fully saturated rings.